The third-order valence-electron chi connectivity index (χ3n) is 3.22. The first-order valence-electron chi connectivity index (χ1n) is 5.11. The summed E-state index contributed by atoms with van der Waals surface area (Å²) in [4.78, 5) is 0. The van der Waals surface area contributed by atoms with E-state index in [2.05, 4.69) is 19.9 Å². The minimum absolute atomic E-state index is 0.940. The molecule has 0 saturated heterocycles. The van der Waals surface area contributed by atoms with Crippen LogP contribution in [0.1, 0.15) is 46.0 Å². The predicted molar refractivity (Wildman–Crippen MR) is 53.0 cm³/mol. The SMILES string of the molecule is CC1=CCC2=C(CCC(C)C2)C1. The molecule has 0 saturated carbocycles. The minimum Gasteiger partial charge on any atom is -0.0812 e. The van der Waals surface area contributed by atoms with Crippen molar-refractivity contribution in [1.29, 1.82) is 0 Å². The second-order valence-corrected chi connectivity index (χ2v) is 4.49. The molecule has 0 amide bonds. The van der Waals surface area contributed by atoms with Crippen molar-refractivity contribution in [2.45, 2.75) is 46.0 Å². The van der Waals surface area contributed by atoms with Gasteiger partial charge in [-0.1, -0.05) is 29.7 Å². The summed E-state index contributed by atoms with van der Waals surface area (Å²) in [6.07, 6.45) is 9.12. The maximum atomic E-state index is 2.41. The standard InChI is InChI=1S/C12H18/c1-9-3-5-12-8-10(2)4-6-11(12)7-9/h3,10H,4-8H2,1-2H3. The van der Waals surface area contributed by atoms with Gasteiger partial charge in [-0.3, -0.25) is 0 Å². The lowest BCUT2D eigenvalue weighted by Crippen LogP contribution is -2.10. The summed E-state index contributed by atoms with van der Waals surface area (Å²) < 4.78 is 0. The summed E-state index contributed by atoms with van der Waals surface area (Å²) in [5.41, 5.74) is 5.12. The summed E-state index contributed by atoms with van der Waals surface area (Å²) in [5.74, 6) is 0.940. The Morgan fingerprint density at radius 3 is 3.00 bits per heavy atom. The van der Waals surface area contributed by atoms with Gasteiger partial charge in [0.15, 0.2) is 0 Å². The summed E-state index contributed by atoms with van der Waals surface area (Å²) in [5, 5.41) is 0. The smallest absolute Gasteiger partial charge is 0.0108 e. The van der Waals surface area contributed by atoms with Crippen LogP contribution in [0, 0.1) is 5.92 Å². The molecule has 0 aromatic carbocycles. The third kappa shape index (κ3) is 1.48. The topological polar surface area (TPSA) is 0 Å². The van der Waals surface area contributed by atoms with Gasteiger partial charge in [-0.2, -0.15) is 0 Å². The van der Waals surface area contributed by atoms with E-state index in [1.165, 1.54) is 32.1 Å². The molecular weight excluding hydrogens is 144 g/mol. The first-order chi connectivity index (χ1) is 5.75. The highest BCUT2D eigenvalue weighted by Crippen LogP contribution is 2.37. The lowest BCUT2D eigenvalue weighted by atomic mass is 9.79. The van der Waals surface area contributed by atoms with Crippen LogP contribution < -0.4 is 0 Å². The van der Waals surface area contributed by atoms with E-state index in [4.69, 9.17) is 0 Å². The van der Waals surface area contributed by atoms with Crippen molar-refractivity contribution in [2.24, 2.45) is 5.92 Å². The van der Waals surface area contributed by atoms with Crippen LogP contribution >= 0.6 is 0 Å². The van der Waals surface area contributed by atoms with Gasteiger partial charge in [-0.05, 0) is 44.9 Å². The molecule has 1 atom stereocenters. The lowest BCUT2D eigenvalue weighted by molar-refractivity contribution is 0.483. The van der Waals surface area contributed by atoms with Crippen molar-refractivity contribution < 1.29 is 0 Å². The van der Waals surface area contributed by atoms with Gasteiger partial charge in [0.1, 0.15) is 0 Å². The van der Waals surface area contributed by atoms with Gasteiger partial charge in [0.05, 0.1) is 0 Å². The highest BCUT2D eigenvalue weighted by atomic mass is 14.2. The van der Waals surface area contributed by atoms with Crippen LogP contribution in [-0.2, 0) is 0 Å². The quantitative estimate of drug-likeness (QED) is 0.475. The van der Waals surface area contributed by atoms with Crippen LogP contribution in [-0.4, -0.2) is 0 Å². The monoisotopic (exact) mass is 162 g/mol. The zero-order valence-electron chi connectivity index (χ0n) is 8.19. The molecule has 1 unspecified atom stereocenters. The van der Waals surface area contributed by atoms with E-state index in [0.717, 1.165) is 5.92 Å². The normalized spacial score (nSPS) is 29.8. The molecule has 66 valence electrons. The maximum absolute atomic E-state index is 2.41. The van der Waals surface area contributed by atoms with E-state index in [1.807, 2.05) is 0 Å². The maximum Gasteiger partial charge on any atom is -0.0108 e. The largest absolute Gasteiger partial charge is 0.0812 e. The zero-order chi connectivity index (χ0) is 8.55. The molecule has 0 fully saturated rings. The molecule has 2 aliphatic rings. The number of rotatable bonds is 0. The summed E-state index contributed by atoms with van der Waals surface area (Å²) in [6.45, 7) is 4.65. The van der Waals surface area contributed by atoms with Gasteiger partial charge in [0.2, 0.25) is 0 Å². The Morgan fingerprint density at radius 2 is 2.17 bits per heavy atom. The van der Waals surface area contributed by atoms with Crippen LogP contribution in [0.3, 0.4) is 0 Å². The molecular formula is C12H18. The number of allylic oxidation sites excluding steroid dienone is 4. The average molecular weight is 162 g/mol. The Kier molecular flexibility index (Phi) is 2.08. The van der Waals surface area contributed by atoms with E-state index >= 15 is 0 Å². The molecule has 0 aromatic rings. The Balaban J connectivity index is 2.14. The van der Waals surface area contributed by atoms with Crippen molar-refractivity contribution in [1.82, 2.24) is 0 Å². The van der Waals surface area contributed by atoms with Crippen molar-refractivity contribution in [3.05, 3.63) is 22.8 Å². The highest BCUT2D eigenvalue weighted by Gasteiger charge is 2.19. The van der Waals surface area contributed by atoms with Gasteiger partial charge in [-0.15, -0.1) is 0 Å². The molecule has 0 nitrogen and oxygen atoms in total. The fraction of sp³-hybridized carbons (Fsp3) is 0.667. The molecule has 2 aliphatic carbocycles. The Morgan fingerprint density at radius 1 is 1.33 bits per heavy atom. The second-order valence-electron chi connectivity index (χ2n) is 4.49. The molecule has 0 aliphatic heterocycles. The average Bonchev–Trinajstić information content (AvgIpc) is 2.05. The van der Waals surface area contributed by atoms with E-state index in [9.17, 15) is 0 Å². The number of hydrogen-bond acceptors (Lipinski definition) is 0. The molecule has 0 heterocycles. The van der Waals surface area contributed by atoms with Gasteiger partial charge in [0.25, 0.3) is 0 Å². The fourth-order valence-electron chi connectivity index (χ4n) is 2.41. The van der Waals surface area contributed by atoms with E-state index < -0.39 is 0 Å². The van der Waals surface area contributed by atoms with Gasteiger partial charge < -0.3 is 0 Å². The molecule has 0 bridgehead atoms. The lowest BCUT2D eigenvalue weighted by Gasteiger charge is -2.27. The van der Waals surface area contributed by atoms with E-state index in [-0.39, 0.29) is 0 Å². The van der Waals surface area contributed by atoms with Crippen LogP contribution in [0.4, 0.5) is 0 Å². The van der Waals surface area contributed by atoms with Crippen molar-refractivity contribution in [3.63, 3.8) is 0 Å². The first-order valence-corrected chi connectivity index (χ1v) is 5.11. The van der Waals surface area contributed by atoms with Gasteiger partial charge in [0, 0.05) is 0 Å². The van der Waals surface area contributed by atoms with E-state index in [0.29, 0.717) is 0 Å². The summed E-state index contributed by atoms with van der Waals surface area (Å²) in [7, 11) is 0. The molecule has 0 radical (unpaired) electrons. The molecule has 0 N–H and O–H groups in total. The van der Waals surface area contributed by atoms with Crippen molar-refractivity contribution in [3.8, 4) is 0 Å². The summed E-state index contributed by atoms with van der Waals surface area (Å²) >= 11 is 0. The van der Waals surface area contributed by atoms with Gasteiger partial charge >= 0.3 is 0 Å². The Labute approximate surface area is 75.4 Å². The van der Waals surface area contributed by atoms with Crippen LogP contribution in [0.15, 0.2) is 22.8 Å². The highest BCUT2D eigenvalue weighted by molar-refractivity contribution is 5.30. The number of hydrogen-bond donors (Lipinski definition) is 0. The summed E-state index contributed by atoms with van der Waals surface area (Å²) in [6, 6.07) is 0. The first kappa shape index (κ1) is 8.10. The molecule has 12 heavy (non-hydrogen) atoms. The second kappa shape index (κ2) is 3.08. The zero-order valence-corrected chi connectivity index (χ0v) is 8.19. The Hall–Kier alpha value is -0.520. The molecule has 0 aromatic heterocycles. The molecule has 2 rings (SSSR count). The minimum atomic E-state index is 0.940. The van der Waals surface area contributed by atoms with Crippen LogP contribution in [0.2, 0.25) is 0 Å². The predicted octanol–water partition coefficient (Wildman–Crippen LogP) is 3.84. The third-order valence-corrected chi connectivity index (χ3v) is 3.22. The molecule has 0 spiro atoms. The fourth-order valence-corrected chi connectivity index (χ4v) is 2.41. The van der Waals surface area contributed by atoms with Crippen LogP contribution in [0.5, 0.6) is 0 Å². The van der Waals surface area contributed by atoms with E-state index in [1.54, 1.807) is 16.7 Å². The van der Waals surface area contributed by atoms with Crippen molar-refractivity contribution >= 4 is 0 Å². The van der Waals surface area contributed by atoms with Gasteiger partial charge in [-0.25, -0.2) is 0 Å². The Bertz CT molecular complexity index is 243. The van der Waals surface area contributed by atoms with Crippen molar-refractivity contribution in [2.75, 3.05) is 0 Å². The molecule has 0 heteroatoms. The van der Waals surface area contributed by atoms with Crippen LogP contribution in [0.25, 0.3) is 0 Å².